The fraction of sp³-hybridized carbons (Fsp3) is 0.316. The van der Waals surface area contributed by atoms with Crippen molar-refractivity contribution in [1.82, 2.24) is 0 Å². The van der Waals surface area contributed by atoms with Crippen molar-refractivity contribution in [2.45, 2.75) is 38.8 Å². The van der Waals surface area contributed by atoms with Crippen LogP contribution < -0.4 is 4.57 Å². The minimum Gasteiger partial charge on any atom is -0.758 e. The number of hydrogen-bond acceptors (Lipinski definition) is 3. The molecule has 1 atom stereocenters. The summed E-state index contributed by atoms with van der Waals surface area (Å²) < 4.78 is 1.85. The number of rotatable bonds is 5. The van der Waals surface area contributed by atoms with Crippen LogP contribution in [0.2, 0.25) is 0 Å². The molecule has 1 fully saturated rings. The molecule has 118 valence electrons. The van der Waals surface area contributed by atoms with Crippen molar-refractivity contribution in [2.24, 2.45) is 4.99 Å². The molecule has 0 saturated heterocycles. The van der Waals surface area contributed by atoms with Crippen molar-refractivity contribution < 1.29 is 9.36 Å². The van der Waals surface area contributed by atoms with E-state index < -0.39 is 6.04 Å². The van der Waals surface area contributed by atoms with Gasteiger partial charge < -0.3 is 17.6 Å². The summed E-state index contributed by atoms with van der Waals surface area (Å²) in [5.41, 5.74) is 2.97. The lowest BCUT2D eigenvalue weighted by molar-refractivity contribution is -0.691. The number of aromatic nitrogens is 1. The summed E-state index contributed by atoms with van der Waals surface area (Å²) in [6.07, 6.45) is 5.89. The van der Waals surface area contributed by atoms with Crippen molar-refractivity contribution in [3.8, 4) is 0 Å². The number of carbonyl (C=O) groups excluding carboxylic acids is 1. The van der Waals surface area contributed by atoms with Gasteiger partial charge in [0, 0.05) is 23.7 Å². The smallest absolute Gasteiger partial charge is 0.237 e. The molecule has 1 aliphatic rings. The minimum absolute atomic E-state index is 0.00120. The number of aryl methyl sites for hydroxylation is 2. The lowest BCUT2D eigenvalue weighted by atomic mass is 9.99. The van der Waals surface area contributed by atoms with E-state index in [1.807, 2.05) is 67.2 Å². The van der Waals surface area contributed by atoms with Gasteiger partial charge in [0.05, 0.1) is 0 Å². The van der Waals surface area contributed by atoms with Crippen LogP contribution in [-0.2, 0) is 12.6 Å². The van der Waals surface area contributed by atoms with E-state index in [-0.39, 0.29) is 5.78 Å². The lowest BCUT2D eigenvalue weighted by Gasteiger charge is -2.19. The highest BCUT2D eigenvalue weighted by Crippen LogP contribution is 2.25. The third-order valence-corrected chi connectivity index (χ3v) is 4.50. The van der Waals surface area contributed by atoms with Gasteiger partial charge in [-0.2, -0.15) is 4.57 Å². The van der Waals surface area contributed by atoms with E-state index in [0.717, 1.165) is 18.4 Å². The molecule has 0 N–H and O–H groups in total. The van der Waals surface area contributed by atoms with E-state index in [2.05, 4.69) is 4.99 Å². The number of aliphatic imine (C=N–C) groups is 1. The highest BCUT2D eigenvalue weighted by molar-refractivity contribution is 7.77. The Labute approximate surface area is 142 Å². The topological polar surface area (TPSA) is 33.3 Å². The van der Waals surface area contributed by atoms with Crippen molar-refractivity contribution in [3.63, 3.8) is 0 Å². The number of Topliss-reactive ketones (excluding diaryl/α,β-unsaturated/α-hetero) is 1. The Morgan fingerprint density at radius 2 is 1.87 bits per heavy atom. The molecule has 1 aromatic heterocycles. The highest BCUT2D eigenvalue weighted by Gasteiger charge is 2.30. The molecule has 1 aromatic carbocycles. The summed E-state index contributed by atoms with van der Waals surface area (Å²) in [6.45, 7) is 4.06. The Hall–Kier alpha value is -2.07. The van der Waals surface area contributed by atoms with Crippen LogP contribution >= 0.6 is 0 Å². The number of benzene rings is 1. The van der Waals surface area contributed by atoms with Crippen molar-refractivity contribution in [2.75, 3.05) is 0 Å². The normalized spacial score (nSPS) is 16.2. The molecular weight excluding hydrogens is 304 g/mol. The van der Waals surface area contributed by atoms with Crippen LogP contribution in [0.1, 0.15) is 40.4 Å². The van der Waals surface area contributed by atoms with E-state index in [0.29, 0.717) is 16.6 Å². The third-order valence-electron chi connectivity index (χ3n) is 4.17. The zero-order chi connectivity index (χ0) is 16.4. The number of hydrogen-bond donors (Lipinski definition) is 0. The minimum atomic E-state index is -0.547. The summed E-state index contributed by atoms with van der Waals surface area (Å²) in [4.78, 5) is 17.6. The number of carbonyl (C=O) groups is 1. The summed E-state index contributed by atoms with van der Waals surface area (Å²) in [7, 11) is 0. The van der Waals surface area contributed by atoms with Gasteiger partial charge >= 0.3 is 0 Å². The van der Waals surface area contributed by atoms with Gasteiger partial charge in [0.25, 0.3) is 0 Å². The Kier molecular flexibility index (Phi) is 4.53. The Morgan fingerprint density at radius 3 is 2.48 bits per heavy atom. The highest BCUT2D eigenvalue weighted by atomic mass is 32.1. The summed E-state index contributed by atoms with van der Waals surface area (Å²) >= 11 is 5.50. The molecule has 0 unspecified atom stereocenters. The number of pyridine rings is 1. The van der Waals surface area contributed by atoms with Crippen LogP contribution in [0.3, 0.4) is 0 Å². The Bertz CT molecular complexity index is 751. The summed E-state index contributed by atoms with van der Waals surface area (Å²) in [5, 5.41) is 0.479. The summed E-state index contributed by atoms with van der Waals surface area (Å²) in [6, 6.07) is 11.3. The first-order chi connectivity index (χ1) is 11.1. The van der Waals surface area contributed by atoms with E-state index >= 15 is 0 Å². The van der Waals surface area contributed by atoms with Gasteiger partial charge in [-0.1, -0.05) is 18.2 Å². The maximum absolute atomic E-state index is 13.1. The first-order valence-electron chi connectivity index (χ1n) is 7.88. The molecule has 23 heavy (non-hydrogen) atoms. The molecule has 3 nitrogen and oxygen atoms in total. The predicted molar refractivity (Wildman–Crippen MR) is 93.7 cm³/mol. The van der Waals surface area contributed by atoms with Gasteiger partial charge in [0.2, 0.25) is 11.8 Å². The second-order valence-electron chi connectivity index (χ2n) is 6.09. The maximum Gasteiger partial charge on any atom is 0.237 e. The van der Waals surface area contributed by atoms with Gasteiger partial charge in [-0.15, -0.1) is 0 Å². The standard InChI is InChI=1S/C19H20N2OS/c1-13-6-7-15(12-14(13)2)18(22)17(19(23)20-16-8-9-16)21-10-4-3-5-11-21/h3-7,10-12,16-17H,8-9H2,1-2H3/t17-/m0/s1. The van der Waals surface area contributed by atoms with Gasteiger partial charge in [-0.25, -0.2) is 0 Å². The van der Waals surface area contributed by atoms with Crippen molar-refractivity contribution in [3.05, 3.63) is 65.5 Å². The molecule has 1 heterocycles. The van der Waals surface area contributed by atoms with E-state index in [4.69, 9.17) is 12.6 Å². The molecule has 0 radical (unpaired) electrons. The quantitative estimate of drug-likeness (QED) is 0.278. The average molecular weight is 324 g/mol. The molecule has 1 saturated carbocycles. The molecule has 0 aliphatic heterocycles. The first kappa shape index (κ1) is 15.8. The second kappa shape index (κ2) is 6.59. The monoisotopic (exact) mass is 324 g/mol. The fourth-order valence-electron chi connectivity index (χ4n) is 2.47. The zero-order valence-electron chi connectivity index (χ0n) is 13.4. The fourth-order valence-corrected chi connectivity index (χ4v) is 2.84. The van der Waals surface area contributed by atoms with Crippen LogP contribution in [0.5, 0.6) is 0 Å². The molecule has 4 heteroatoms. The van der Waals surface area contributed by atoms with Gasteiger partial charge in [0.15, 0.2) is 12.4 Å². The van der Waals surface area contributed by atoms with E-state index in [1.165, 1.54) is 5.56 Å². The van der Waals surface area contributed by atoms with E-state index in [9.17, 15) is 4.79 Å². The van der Waals surface area contributed by atoms with Crippen LogP contribution in [0, 0.1) is 13.8 Å². The SMILES string of the molecule is Cc1ccc(C(=O)[C@@H](C([S-])=NC2CC2)[n+]2ccccc2)cc1C. The van der Waals surface area contributed by atoms with Crippen LogP contribution in [0.4, 0.5) is 0 Å². The third kappa shape index (κ3) is 3.64. The number of ketones is 1. The molecule has 2 aromatic rings. The zero-order valence-corrected chi connectivity index (χ0v) is 14.2. The summed E-state index contributed by atoms with van der Waals surface area (Å²) in [5.74, 6) is -0.00120. The largest absolute Gasteiger partial charge is 0.758 e. The first-order valence-corrected chi connectivity index (χ1v) is 8.29. The number of nitrogens with zero attached hydrogens (tertiary/aromatic N) is 2. The Morgan fingerprint density at radius 1 is 1.17 bits per heavy atom. The van der Waals surface area contributed by atoms with Crippen LogP contribution in [0.25, 0.3) is 0 Å². The van der Waals surface area contributed by atoms with Gasteiger partial charge in [0.1, 0.15) is 0 Å². The molecule has 0 spiro atoms. The Balaban J connectivity index is 2.00. The molecular formula is C19H20N2OS. The second-order valence-corrected chi connectivity index (χ2v) is 6.51. The predicted octanol–water partition coefficient (Wildman–Crippen LogP) is 3.12. The molecule has 0 bridgehead atoms. The average Bonchev–Trinajstić information content (AvgIpc) is 3.35. The van der Waals surface area contributed by atoms with Crippen LogP contribution in [0.15, 0.2) is 53.8 Å². The van der Waals surface area contributed by atoms with E-state index in [1.54, 1.807) is 0 Å². The lowest BCUT2D eigenvalue weighted by Crippen LogP contribution is -2.47. The molecule has 1 aliphatic carbocycles. The van der Waals surface area contributed by atoms with Gasteiger partial charge in [-0.3, -0.25) is 4.79 Å². The van der Waals surface area contributed by atoms with Crippen molar-refractivity contribution in [1.29, 1.82) is 0 Å². The van der Waals surface area contributed by atoms with Gasteiger partial charge in [-0.05, 0) is 48.9 Å². The van der Waals surface area contributed by atoms with Crippen LogP contribution in [-0.4, -0.2) is 16.9 Å². The molecule has 3 rings (SSSR count). The maximum atomic E-state index is 13.1. The molecule has 0 amide bonds. The van der Waals surface area contributed by atoms with Crippen molar-refractivity contribution >= 4 is 23.5 Å².